The Kier molecular flexibility index (Phi) is 16.3. The average Bonchev–Trinajstić information content (AvgIpc) is 1.62. The number of ether oxygens (including phenoxy) is 2. The molecule has 15 rings (SSSR count). The fourth-order valence-corrected chi connectivity index (χ4v) is 15.2. The molecule has 0 bridgehead atoms. The minimum Gasteiger partial charge on any atom is -0.443 e. The summed E-state index contributed by atoms with van der Waals surface area (Å²) in [4.78, 5) is 109. The molecule has 0 unspecified atom stereocenters. The van der Waals surface area contributed by atoms with Crippen molar-refractivity contribution in [3.8, 4) is 17.8 Å². The molecule has 470 valence electrons. The van der Waals surface area contributed by atoms with Gasteiger partial charge in [0.2, 0.25) is 17.8 Å². The van der Waals surface area contributed by atoms with Crippen LogP contribution in [0.2, 0.25) is 0 Å². The molecule has 3 saturated heterocycles. The van der Waals surface area contributed by atoms with E-state index in [1.54, 1.807) is 85.0 Å². The van der Waals surface area contributed by atoms with Crippen LogP contribution < -0.4 is 17.1 Å². The van der Waals surface area contributed by atoms with Crippen LogP contribution >= 0.6 is 11.8 Å². The van der Waals surface area contributed by atoms with Crippen molar-refractivity contribution in [1.82, 2.24) is 86.4 Å². The predicted molar refractivity (Wildman–Crippen MR) is 347 cm³/mol. The summed E-state index contributed by atoms with van der Waals surface area (Å²) >= 11 is 1.87. The summed E-state index contributed by atoms with van der Waals surface area (Å²) in [6.45, 7) is 10.5. The van der Waals surface area contributed by atoms with E-state index in [1.165, 1.54) is 17.0 Å². The quantitative estimate of drug-likeness (QED) is 0.164. The molecule has 91 heavy (non-hydrogen) atoms. The van der Waals surface area contributed by atoms with E-state index < -0.39 is 56.4 Å². The third-order valence-corrected chi connectivity index (χ3v) is 19.6. The molecule has 30 heteroatoms. The highest BCUT2D eigenvalue weighted by atomic mass is 32.2. The molecule has 3 aliphatic heterocycles. The Morgan fingerprint density at radius 1 is 0.484 bits per heavy atom. The van der Waals surface area contributed by atoms with Crippen LogP contribution in [0.5, 0.6) is 0 Å². The van der Waals surface area contributed by atoms with Gasteiger partial charge in [-0.15, -0.1) is 0 Å². The molecule has 0 amide bonds. The number of carbonyl (C=O) groups is 2. The number of carbonyl (C=O) groups excluding carboxylic acids is 2. The molecule has 0 aliphatic carbocycles. The molecule has 3 aromatic carbocycles. The average molecular weight is 1290 g/mol. The lowest BCUT2D eigenvalue weighted by atomic mass is 10.1. The van der Waals surface area contributed by atoms with Crippen LogP contribution in [0.25, 0.3) is 84.4 Å². The summed E-state index contributed by atoms with van der Waals surface area (Å²) in [6, 6.07) is 22.8. The van der Waals surface area contributed by atoms with Crippen LogP contribution in [0, 0.1) is 0 Å². The smallest absolute Gasteiger partial charge is 0.423 e. The van der Waals surface area contributed by atoms with Crippen LogP contribution in [0.3, 0.4) is 0 Å². The lowest BCUT2D eigenvalue weighted by Gasteiger charge is -2.22. The first kappa shape index (κ1) is 60.6. The zero-order chi connectivity index (χ0) is 63.5. The highest BCUT2D eigenvalue weighted by molar-refractivity contribution is 7.99. The van der Waals surface area contributed by atoms with Gasteiger partial charge in [0, 0.05) is 62.7 Å². The van der Waals surface area contributed by atoms with Gasteiger partial charge in [0.15, 0.2) is 16.9 Å². The fraction of sp³-hybridized carbons (Fsp3) is 0.377. The number of hydrogen-bond acceptors (Lipinski definition) is 19. The second-order valence-corrected chi connectivity index (χ2v) is 28.8. The van der Waals surface area contributed by atoms with Crippen molar-refractivity contribution in [2.45, 2.75) is 109 Å². The zero-order valence-corrected chi connectivity index (χ0v) is 53.1. The molecular formula is C61H64N18O9S3. The molecule has 0 saturated carbocycles. The van der Waals surface area contributed by atoms with E-state index in [-0.39, 0.29) is 29.3 Å². The van der Waals surface area contributed by atoms with E-state index in [1.807, 2.05) is 89.1 Å². The number of nitrogens with one attached hydrogen (secondary N) is 1. The summed E-state index contributed by atoms with van der Waals surface area (Å²) in [5, 5.41) is 0. The molecule has 9 aromatic heterocycles. The summed E-state index contributed by atoms with van der Waals surface area (Å²) in [6.07, 6.45) is 12.3. The van der Waals surface area contributed by atoms with Gasteiger partial charge in [0.05, 0.1) is 51.7 Å². The summed E-state index contributed by atoms with van der Waals surface area (Å²) < 4.78 is 46.8. The Bertz CT molecular complexity index is 5010. The van der Waals surface area contributed by atoms with E-state index in [2.05, 4.69) is 39.9 Å². The number of aromatic amines is 1. The highest BCUT2D eigenvalue weighted by Gasteiger charge is 2.33. The number of fused-ring (bicyclic) bond motifs is 6. The van der Waals surface area contributed by atoms with Crippen molar-refractivity contribution < 1.29 is 27.5 Å². The standard InChI is InChI=1S/C22H24N6O4S.C22H24N6O3S.C17H16N6O2S/c1-22(2,3)32-21(30)28-17-12-23-19(26-13-24-15-6-4-5-7-16(15)26)25-18(17)27(20(28)29)14-8-10-33(31)11-9-14;1-22(2,3)31-21(30)28-17-12-23-19(26-13-24-15-6-4-5-7-16(15)26)25-18(17)27(20(28)29)14-8-10-32-11-9-14;24-17-20-13-9-18-16(22-10-19-12-3-1-2-4-14(12)22)21-15(13)23(17)11-5-7-26(25)8-6-11/h4-7,12-14H,8-11H2,1-3H3;4-7,12-14H,8-11H2,1-3H3;1-4,9-11H,5-8H2,(H,20,24). The Morgan fingerprint density at radius 3 is 1.25 bits per heavy atom. The number of hydrogen-bond donors (Lipinski definition) is 1. The van der Waals surface area contributed by atoms with Crippen LogP contribution in [0.4, 0.5) is 9.59 Å². The molecular weight excluding hydrogens is 1220 g/mol. The lowest BCUT2D eigenvalue weighted by molar-refractivity contribution is 0.0524. The van der Waals surface area contributed by atoms with Crippen LogP contribution in [0.1, 0.15) is 98.2 Å². The molecule has 0 spiro atoms. The van der Waals surface area contributed by atoms with Crippen molar-refractivity contribution in [2.24, 2.45) is 0 Å². The van der Waals surface area contributed by atoms with E-state index >= 15 is 0 Å². The maximum Gasteiger partial charge on any atom is 0.423 e. The Hall–Kier alpha value is -9.29. The molecule has 12 aromatic rings. The number of nitrogens with zero attached hydrogens (tertiary/aromatic N) is 17. The Morgan fingerprint density at radius 2 is 0.846 bits per heavy atom. The van der Waals surface area contributed by atoms with Gasteiger partial charge in [-0.1, -0.05) is 36.4 Å². The van der Waals surface area contributed by atoms with E-state index in [0.29, 0.717) is 94.5 Å². The highest BCUT2D eigenvalue weighted by Crippen LogP contribution is 2.31. The van der Waals surface area contributed by atoms with E-state index in [9.17, 15) is 32.4 Å². The van der Waals surface area contributed by atoms with Crippen molar-refractivity contribution in [3.05, 3.63) is 142 Å². The zero-order valence-electron chi connectivity index (χ0n) is 50.6. The van der Waals surface area contributed by atoms with Gasteiger partial charge in [-0.2, -0.15) is 35.8 Å². The van der Waals surface area contributed by atoms with Gasteiger partial charge in [-0.3, -0.25) is 35.8 Å². The summed E-state index contributed by atoms with van der Waals surface area (Å²) in [5.41, 5.74) is 4.97. The van der Waals surface area contributed by atoms with Gasteiger partial charge in [-0.25, -0.2) is 53.9 Å². The van der Waals surface area contributed by atoms with Gasteiger partial charge >= 0.3 is 29.3 Å². The predicted octanol–water partition coefficient (Wildman–Crippen LogP) is 8.12. The largest absolute Gasteiger partial charge is 0.443 e. The number of rotatable bonds is 6. The van der Waals surface area contributed by atoms with Crippen LogP contribution in [-0.4, -0.2) is 153 Å². The third kappa shape index (κ3) is 12.0. The minimum absolute atomic E-state index is 0.0104. The third-order valence-electron chi connectivity index (χ3n) is 15.8. The fourth-order valence-electron chi connectivity index (χ4n) is 11.6. The maximum absolute atomic E-state index is 13.5. The SMILES string of the molecule is CC(C)(C)OC(=O)n1c(=O)n(C2CCS(=O)CC2)c2nc(-n3cnc4ccccc43)ncc21.CC(C)(C)OC(=O)n1c(=O)n(C2CCSCC2)c2nc(-n3cnc4ccccc43)ncc21.O=c1[nH]c2cnc(-n3cnc4ccccc43)nc2n1C1CCS(=O)CC1. The van der Waals surface area contributed by atoms with Gasteiger partial charge in [0.1, 0.15) is 46.7 Å². The molecule has 3 aliphatic rings. The number of thioether (sulfide) groups is 1. The maximum atomic E-state index is 13.5. The van der Waals surface area contributed by atoms with Crippen molar-refractivity contribution in [3.63, 3.8) is 0 Å². The molecule has 0 atom stereocenters. The van der Waals surface area contributed by atoms with Crippen LogP contribution in [-0.2, 0) is 31.1 Å². The molecule has 27 nitrogen and oxygen atoms in total. The van der Waals surface area contributed by atoms with Gasteiger partial charge in [-0.05, 0) is 128 Å². The normalized spacial score (nSPS) is 18.4. The molecule has 1 N–H and O–H groups in total. The second-order valence-electron chi connectivity index (χ2n) is 24.2. The molecule has 0 radical (unpaired) electrons. The summed E-state index contributed by atoms with van der Waals surface area (Å²) in [5.74, 6) is 5.36. The van der Waals surface area contributed by atoms with Gasteiger partial charge < -0.3 is 14.5 Å². The van der Waals surface area contributed by atoms with Gasteiger partial charge in [0.25, 0.3) is 0 Å². The lowest BCUT2D eigenvalue weighted by Crippen LogP contribution is -2.36. The van der Waals surface area contributed by atoms with E-state index in [4.69, 9.17) is 19.4 Å². The van der Waals surface area contributed by atoms with Crippen molar-refractivity contribution in [2.75, 3.05) is 34.5 Å². The first-order chi connectivity index (χ1) is 43.8. The second kappa shape index (κ2) is 24.5. The first-order valence-corrected chi connectivity index (χ1v) is 33.9. The number of aromatic nitrogens is 18. The number of H-pyrrole nitrogens is 1. The topological polar surface area (TPSA) is 309 Å². The van der Waals surface area contributed by atoms with Crippen molar-refractivity contribution >= 4 is 112 Å². The van der Waals surface area contributed by atoms with E-state index in [0.717, 1.165) is 66.6 Å². The Balaban J connectivity index is 0.000000126. The molecule has 12 heterocycles. The number of para-hydroxylation sites is 6. The monoisotopic (exact) mass is 1290 g/mol. The Labute approximate surface area is 526 Å². The first-order valence-electron chi connectivity index (χ1n) is 29.8. The number of imidazole rings is 6. The number of benzene rings is 3. The minimum atomic E-state index is -0.894. The van der Waals surface area contributed by atoms with Crippen LogP contribution in [0.15, 0.2) is 125 Å². The molecule has 3 fully saturated rings. The summed E-state index contributed by atoms with van der Waals surface area (Å²) in [7, 11) is -1.67. The van der Waals surface area contributed by atoms with Crippen molar-refractivity contribution in [1.29, 1.82) is 0 Å².